The molecule has 0 radical (unpaired) electrons. The first kappa shape index (κ1) is 9.43. The van der Waals surface area contributed by atoms with Crippen molar-refractivity contribution >= 4 is 28.3 Å². The van der Waals surface area contributed by atoms with Crippen LogP contribution in [0.5, 0.6) is 0 Å². The molecular formula is C10H8N2S2. The zero-order chi connectivity index (χ0) is 9.80. The smallest absolute Gasteiger partial charge is 0.165 e. The second-order valence-corrected chi connectivity index (χ2v) is 4.34. The molecule has 0 bridgehead atoms. The Hall–Kier alpha value is -1.13. The van der Waals surface area contributed by atoms with Gasteiger partial charge in [0.2, 0.25) is 0 Å². The molecule has 70 valence electrons. The van der Waals surface area contributed by atoms with Gasteiger partial charge in [-0.15, -0.1) is 0 Å². The largest absolute Gasteiger partial charge is 0.223 e. The quantitative estimate of drug-likeness (QED) is 0.543. The van der Waals surface area contributed by atoms with E-state index in [9.17, 15) is 0 Å². The molecule has 1 aromatic heterocycles. The summed E-state index contributed by atoms with van der Waals surface area (Å²) >= 11 is 6.75. The first-order valence-corrected chi connectivity index (χ1v) is 5.35. The van der Waals surface area contributed by atoms with Crippen LogP contribution >= 0.6 is 24.0 Å². The monoisotopic (exact) mass is 220 g/mol. The molecule has 0 spiro atoms. The van der Waals surface area contributed by atoms with Crippen molar-refractivity contribution in [3.05, 3.63) is 48.8 Å². The number of hydrogen-bond acceptors (Lipinski definition) is 3. The van der Waals surface area contributed by atoms with E-state index in [2.05, 4.69) is 5.10 Å². The topological polar surface area (TPSA) is 17.8 Å². The third-order valence-electron chi connectivity index (χ3n) is 1.64. The fraction of sp³-hybridized carbons (Fsp3) is 0. The molecule has 2 rings (SSSR count). The number of nitrogens with zero attached hydrogens (tertiary/aromatic N) is 2. The zero-order valence-electron chi connectivity index (χ0n) is 7.33. The summed E-state index contributed by atoms with van der Waals surface area (Å²) in [5, 5.41) is 4.07. The first-order chi connectivity index (χ1) is 6.86. The summed E-state index contributed by atoms with van der Waals surface area (Å²) in [7, 11) is 0. The van der Waals surface area contributed by atoms with Crippen molar-refractivity contribution in [2.75, 3.05) is 0 Å². The van der Waals surface area contributed by atoms with Crippen molar-refractivity contribution in [2.24, 2.45) is 0 Å². The van der Waals surface area contributed by atoms with Gasteiger partial charge in [0.15, 0.2) is 4.32 Å². The molecule has 0 unspecified atom stereocenters. The van der Waals surface area contributed by atoms with Gasteiger partial charge in [-0.05, 0) is 18.2 Å². The van der Waals surface area contributed by atoms with E-state index in [0.717, 1.165) is 9.22 Å². The second-order valence-electron chi connectivity index (χ2n) is 2.63. The minimum absolute atomic E-state index is 0.737. The van der Waals surface area contributed by atoms with Crippen molar-refractivity contribution in [2.45, 2.75) is 4.90 Å². The Labute approximate surface area is 91.9 Å². The Bertz CT molecular complexity index is 409. The van der Waals surface area contributed by atoms with Crippen LogP contribution in [0.1, 0.15) is 0 Å². The third kappa shape index (κ3) is 2.21. The summed E-state index contributed by atoms with van der Waals surface area (Å²) in [6.45, 7) is 0. The van der Waals surface area contributed by atoms with E-state index in [1.165, 1.54) is 11.8 Å². The van der Waals surface area contributed by atoms with Crippen LogP contribution in [0.25, 0.3) is 0 Å². The van der Waals surface area contributed by atoms with E-state index in [-0.39, 0.29) is 0 Å². The van der Waals surface area contributed by atoms with Gasteiger partial charge in [-0.25, -0.2) is 4.68 Å². The Morgan fingerprint density at radius 3 is 2.64 bits per heavy atom. The van der Waals surface area contributed by atoms with Gasteiger partial charge >= 0.3 is 0 Å². The summed E-state index contributed by atoms with van der Waals surface area (Å²) in [4.78, 5) is 1.13. The van der Waals surface area contributed by atoms with Crippen LogP contribution in [-0.4, -0.2) is 14.1 Å². The molecule has 0 aliphatic heterocycles. The number of hydrogen-bond donors (Lipinski definition) is 0. The Balaban J connectivity index is 2.10. The summed E-state index contributed by atoms with van der Waals surface area (Å²) in [5.41, 5.74) is 0. The molecule has 2 nitrogen and oxygen atoms in total. The number of thiocarbonyl (C=S) groups is 1. The van der Waals surface area contributed by atoms with Crippen molar-refractivity contribution in [3.63, 3.8) is 0 Å². The van der Waals surface area contributed by atoms with Gasteiger partial charge in [-0.2, -0.15) is 5.10 Å². The van der Waals surface area contributed by atoms with Crippen molar-refractivity contribution in [1.82, 2.24) is 9.78 Å². The molecule has 14 heavy (non-hydrogen) atoms. The van der Waals surface area contributed by atoms with Gasteiger partial charge in [0.25, 0.3) is 0 Å². The van der Waals surface area contributed by atoms with Crippen LogP contribution in [0.4, 0.5) is 0 Å². The lowest BCUT2D eigenvalue weighted by Crippen LogP contribution is -2.04. The lowest BCUT2D eigenvalue weighted by Gasteiger charge is -2.02. The van der Waals surface area contributed by atoms with Crippen molar-refractivity contribution < 1.29 is 0 Å². The number of aromatic nitrogens is 2. The molecule has 0 saturated carbocycles. The maximum absolute atomic E-state index is 5.22. The lowest BCUT2D eigenvalue weighted by molar-refractivity contribution is 0.964. The van der Waals surface area contributed by atoms with E-state index < -0.39 is 0 Å². The lowest BCUT2D eigenvalue weighted by atomic mass is 10.4. The highest BCUT2D eigenvalue weighted by Crippen LogP contribution is 2.19. The average Bonchev–Trinajstić information content (AvgIpc) is 2.72. The minimum Gasteiger partial charge on any atom is -0.223 e. The molecule has 0 saturated heterocycles. The van der Waals surface area contributed by atoms with Crippen molar-refractivity contribution in [1.29, 1.82) is 0 Å². The molecule has 0 fully saturated rings. The van der Waals surface area contributed by atoms with Crippen LogP contribution < -0.4 is 0 Å². The fourth-order valence-electron chi connectivity index (χ4n) is 1.01. The normalized spacial score (nSPS) is 10.0. The molecule has 0 aliphatic rings. The molecule has 0 aliphatic carbocycles. The maximum Gasteiger partial charge on any atom is 0.165 e. The van der Waals surface area contributed by atoms with Crippen LogP contribution in [0, 0.1) is 0 Å². The van der Waals surface area contributed by atoms with Crippen molar-refractivity contribution in [3.8, 4) is 0 Å². The molecular weight excluding hydrogens is 212 g/mol. The molecule has 4 heteroatoms. The Kier molecular flexibility index (Phi) is 2.96. The van der Waals surface area contributed by atoms with Gasteiger partial charge in [-0.3, -0.25) is 0 Å². The standard InChI is InChI=1S/C10H8N2S2/c13-10(12-8-4-7-11-12)14-9-5-2-1-3-6-9/h1-8H. The highest BCUT2D eigenvalue weighted by Gasteiger charge is 2.01. The third-order valence-corrected chi connectivity index (χ3v) is 2.95. The molecule has 0 N–H and O–H groups in total. The summed E-state index contributed by atoms with van der Waals surface area (Å²) in [5.74, 6) is 0. The summed E-state index contributed by atoms with van der Waals surface area (Å²) < 4.78 is 2.42. The van der Waals surface area contributed by atoms with E-state index in [4.69, 9.17) is 12.2 Å². The van der Waals surface area contributed by atoms with E-state index in [1.807, 2.05) is 42.6 Å². The second kappa shape index (κ2) is 4.39. The molecule has 0 amide bonds. The summed E-state index contributed by atoms with van der Waals surface area (Å²) in [6, 6.07) is 11.9. The highest BCUT2D eigenvalue weighted by atomic mass is 32.2. The minimum atomic E-state index is 0.737. The predicted octanol–water partition coefficient (Wildman–Crippen LogP) is 2.81. The van der Waals surface area contributed by atoms with Crippen LogP contribution in [-0.2, 0) is 0 Å². The van der Waals surface area contributed by atoms with Gasteiger partial charge < -0.3 is 0 Å². The van der Waals surface area contributed by atoms with Crippen LogP contribution in [0.15, 0.2) is 53.7 Å². The van der Waals surface area contributed by atoms with E-state index in [0.29, 0.717) is 0 Å². The van der Waals surface area contributed by atoms with Gasteiger partial charge in [0.1, 0.15) is 0 Å². The number of benzene rings is 1. The summed E-state index contributed by atoms with van der Waals surface area (Å²) in [6.07, 6.45) is 3.57. The Morgan fingerprint density at radius 2 is 2.00 bits per heavy atom. The van der Waals surface area contributed by atoms with E-state index >= 15 is 0 Å². The highest BCUT2D eigenvalue weighted by molar-refractivity contribution is 8.23. The average molecular weight is 220 g/mol. The number of thioether (sulfide) groups is 1. The first-order valence-electron chi connectivity index (χ1n) is 4.13. The van der Waals surface area contributed by atoms with Gasteiger partial charge in [0.05, 0.1) is 0 Å². The fourth-order valence-corrected chi connectivity index (χ4v) is 2.11. The SMILES string of the molecule is S=C(Sc1ccccc1)n1cccn1. The zero-order valence-corrected chi connectivity index (χ0v) is 8.96. The van der Waals surface area contributed by atoms with Gasteiger partial charge in [-0.1, -0.05) is 42.2 Å². The molecule has 1 heterocycles. The van der Waals surface area contributed by atoms with E-state index in [1.54, 1.807) is 10.9 Å². The predicted molar refractivity (Wildman–Crippen MR) is 62.5 cm³/mol. The molecule has 1 aromatic carbocycles. The number of rotatable bonds is 1. The van der Waals surface area contributed by atoms with Crippen LogP contribution in [0.3, 0.4) is 0 Å². The Morgan fingerprint density at radius 1 is 1.21 bits per heavy atom. The van der Waals surface area contributed by atoms with Crippen LogP contribution in [0.2, 0.25) is 0 Å². The molecule has 2 aromatic rings. The maximum atomic E-state index is 5.22. The van der Waals surface area contributed by atoms with Gasteiger partial charge in [0, 0.05) is 17.3 Å². The molecule has 0 atom stereocenters.